The van der Waals surface area contributed by atoms with Crippen molar-refractivity contribution in [2.45, 2.75) is 44.7 Å². The number of carbonyl (C=O) groups is 1. The van der Waals surface area contributed by atoms with E-state index in [9.17, 15) is 4.79 Å². The van der Waals surface area contributed by atoms with Crippen molar-refractivity contribution in [1.29, 1.82) is 0 Å². The van der Waals surface area contributed by atoms with Gasteiger partial charge in [-0.2, -0.15) is 10.2 Å². The molecule has 1 spiro atoms. The van der Waals surface area contributed by atoms with E-state index in [0.717, 1.165) is 57.9 Å². The molecule has 0 unspecified atom stereocenters. The number of aromatic nitrogens is 2. The molecule has 43 heavy (non-hydrogen) atoms. The number of benzene rings is 1. The molecule has 12 heteroatoms. The summed E-state index contributed by atoms with van der Waals surface area (Å²) in [5, 5.41) is 15.2. The summed E-state index contributed by atoms with van der Waals surface area (Å²) in [6.07, 6.45) is 6.29. The number of nitrogens with zero attached hydrogens (tertiary/aromatic N) is 7. The molecule has 228 valence electrons. The first-order valence-corrected chi connectivity index (χ1v) is 15.6. The van der Waals surface area contributed by atoms with Crippen LogP contribution in [-0.4, -0.2) is 104 Å². The van der Waals surface area contributed by atoms with Gasteiger partial charge in [-0.15, -0.1) is 0 Å². The molecule has 1 aliphatic carbocycles. The lowest BCUT2D eigenvalue weighted by atomic mass is 9.64. The number of aryl methyl sites for hydroxylation is 1. The highest BCUT2D eigenvalue weighted by molar-refractivity contribution is 5.97. The number of piperazine rings is 1. The number of primary amides is 1. The van der Waals surface area contributed by atoms with Crippen LogP contribution in [-0.2, 0) is 4.74 Å². The topological polar surface area (TPSA) is 137 Å². The molecule has 0 radical (unpaired) electrons. The molecule has 0 atom stereocenters. The lowest BCUT2D eigenvalue weighted by Gasteiger charge is -2.53. The number of ether oxygens (including phenoxy) is 1. The summed E-state index contributed by atoms with van der Waals surface area (Å²) in [4.78, 5) is 29.7. The van der Waals surface area contributed by atoms with Gasteiger partial charge in [0, 0.05) is 68.1 Å². The molecule has 1 aromatic carbocycles. The van der Waals surface area contributed by atoms with Crippen molar-refractivity contribution >= 4 is 34.6 Å². The molecule has 5 aliphatic rings. The smallest absolute Gasteiger partial charge is 0.271 e. The van der Waals surface area contributed by atoms with Gasteiger partial charge in [0.15, 0.2) is 17.3 Å². The number of nitrogens with two attached hydrogens (primary N) is 1. The number of rotatable bonds is 8. The highest BCUT2D eigenvalue weighted by atomic mass is 16.5. The van der Waals surface area contributed by atoms with Crippen molar-refractivity contribution in [1.82, 2.24) is 19.8 Å². The molecule has 4 aliphatic heterocycles. The fraction of sp³-hybridized carbons (Fsp3) is 0.581. The molecular weight excluding hydrogens is 544 g/mol. The van der Waals surface area contributed by atoms with Gasteiger partial charge in [0.2, 0.25) is 0 Å². The third-order valence-corrected chi connectivity index (χ3v) is 9.75. The van der Waals surface area contributed by atoms with E-state index in [4.69, 9.17) is 15.5 Å². The molecular formula is C31H42N10O2. The minimum atomic E-state index is -0.649. The average Bonchev–Trinajstić information content (AvgIpc) is 3.49. The molecule has 1 saturated carbocycles. The van der Waals surface area contributed by atoms with Crippen LogP contribution < -0.4 is 21.3 Å². The van der Waals surface area contributed by atoms with Gasteiger partial charge in [-0.25, -0.2) is 9.97 Å². The van der Waals surface area contributed by atoms with Gasteiger partial charge in [0.25, 0.3) is 5.91 Å². The van der Waals surface area contributed by atoms with Crippen LogP contribution in [0.4, 0.5) is 23.0 Å². The Morgan fingerprint density at radius 3 is 2.44 bits per heavy atom. The molecule has 7 rings (SSSR count). The van der Waals surface area contributed by atoms with Crippen molar-refractivity contribution in [3.8, 4) is 0 Å². The van der Waals surface area contributed by atoms with Crippen molar-refractivity contribution in [3.63, 3.8) is 0 Å². The minimum Gasteiger partial charge on any atom is -0.380 e. The minimum absolute atomic E-state index is 0.0775. The number of likely N-dealkylation sites (N-methyl/N-ethyl adjacent to an activating group) is 1. The average molecular weight is 587 g/mol. The Hall–Kier alpha value is -3.61. The van der Waals surface area contributed by atoms with E-state index in [2.05, 4.69) is 66.6 Å². The molecule has 2 aromatic rings. The third-order valence-electron chi connectivity index (χ3n) is 9.75. The predicted molar refractivity (Wildman–Crippen MR) is 167 cm³/mol. The number of hydrogen-bond donors (Lipinski definition) is 3. The first kappa shape index (κ1) is 28.2. The van der Waals surface area contributed by atoms with Crippen molar-refractivity contribution in [2.75, 3.05) is 81.6 Å². The summed E-state index contributed by atoms with van der Waals surface area (Å²) in [7, 11) is 2.21. The lowest BCUT2D eigenvalue weighted by Crippen LogP contribution is -2.56. The van der Waals surface area contributed by atoms with Crippen molar-refractivity contribution < 1.29 is 9.53 Å². The van der Waals surface area contributed by atoms with E-state index in [1.165, 1.54) is 37.2 Å². The van der Waals surface area contributed by atoms with Gasteiger partial charge in [-0.05, 0) is 69.5 Å². The van der Waals surface area contributed by atoms with Gasteiger partial charge in [0.1, 0.15) is 11.4 Å². The Kier molecular flexibility index (Phi) is 7.52. The Bertz CT molecular complexity index is 1430. The van der Waals surface area contributed by atoms with Crippen LogP contribution in [0.25, 0.3) is 5.70 Å². The standard InChI is InChI=1S/C31H42N10O2/c1-20-15-21(3-4-25(20)41-9-6-23(7-10-41)40-13-11-39(2)12-14-40)34-30-27(28(32)42)36-26(24-5-8-33-38-24)29(37-30)35-22-16-31(17-22)18-43-19-31/h3-5,15,22-23H,6-14,16-19H2,1-2H3,(H2,32,42)(H2,34,35,37). The summed E-state index contributed by atoms with van der Waals surface area (Å²) in [6, 6.07) is 7.25. The summed E-state index contributed by atoms with van der Waals surface area (Å²) in [5.41, 5.74) is 10.5. The normalized spacial score (nSPS) is 22.7. The molecule has 5 heterocycles. The van der Waals surface area contributed by atoms with E-state index >= 15 is 0 Å². The predicted octanol–water partition coefficient (Wildman–Crippen LogP) is 3.24. The van der Waals surface area contributed by atoms with E-state index in [0.29, 0.717) is 41.0 Å². The molecule has 3 saturated heterocycles. The van der Waals surface area contributed by atoms with Crippen LogP contribution >= 0.6 is 0 Å². The fourth-order valence-corrected chi connectivity index (χ4v) is 7.19. The van der Waals surface area contributed by atoms with E-state index < -0.39 is 5.91 Å². The highest BCUT2D eigenvalue weighted by Gasteiger charge is 2.50. The maximum atomic E-state index is 12.6. The molecule has 12 nitrogen and oxygen atoms in total. The first-order chi connectivity index (χ1) is 20.9. The van der Waals surface area contributed by atoms with Gasteiger partial charge in [-0.3, -0.25) is 9.69 Å². The Labute approximate surface area is 252 Å². The SMILES string of the molecule is Cc1cc(Nc2nc(NC3CC4(COC4)C3)c(C3=CCN=N3)nc2C(N)=O)ccc1N1CCC(N2CCN(C)CC2)CC1. The fourth-order valence-electron chi connectivity index (χ4n) is 7.19. The van der Waals surface area contributed by atoms with Crippen LogP contribution in [0.15, 0.2) is 34.5 Å². The quantitative estimate of drug-likeness (QED) is 0.426. The number of anilines is 4. The Morgan fingerprint density at radius 1 is 1.05 bits per heavy atom. The highest BCUT2D eigenvalue weighted by Crippen LogP contribution is 2.48. The molecule has 4 N–H and O–H groups in total. The first-order valence-electron chi connectivity index (χ1n) is 15.6. The molecule has 1 amide bonds. The summed E-state index contributed by atoms with van der Waals surface area (Å²) in [5.74, 6) is 0.260. The second-order valence-electron chi connectivity index (χ2n) is 12.9. The second kappa shape index (κ2) is 11.5. The number of nitrogens with one attached hydrogen (secondary N) is 2. The number of hydrogen-bond acceptors (Lipinski definition) is 11. The Morgan fingerprint density at radius 2 is 1.81 bits per heavy atom. The van der Waals surface area contributed by atoms with Crippen molar-refractivity contribution in [3.05, 3.63) is 41.2 Å². The van der Waals surface area contributed by atoms with Gasteiger partial charge < -0.3 is 30.9 Å². The number of amides is 1. The molecule has 4 fully saturated rings. The number of carbonyl (C=O) groups excluding carboxylic acids is 1. The van der Waals surface area contributed by atoms with Crippen LogP contribution in [0.3, 0.4) is 0 Å². The van der Waals surface area contributed by atoms with Gasteiger partial charge in [0.05, 0.1) is 19.8 Å². The summed E-state index contributed by atoms with van der Waals surface area (Å²) in [6.45, 7) is 11.0. The van der Waals surface area contributed by atoms with Crippen LogP contribution in [0.1, 0.15) is 47.4 Å². The Balaban J connectivity index is 1.08. The third kappa shape index (κ3) is 5.71. The lowest BCUT2D eigenvalue weighted by molar-refractivity contribution is -0.159. The largest absolute Gasteiger partial charge is 0.380 e. The van der Waals surface area contributed by atoms with E-state index in [1.54, 1.807) is 0 Å². The monoisotopic (exact) mass is 586 g/mol. The van der Waals surface area contributed by atoms with Crippen LogP contribution in [0.2, 0.25) is 0 Å². The zero-order chi connectivity index (χ0) is 29.6. The number of piperidine rings is 1. The van der Waals surface area contributed by atoms with E-state index in [1.807, 2.05) is 12.1 Å². The number of azo groups is 1. The van der Waals surface area contributed by atoms with E-state index in [-0.39, 0.29) is 11.7 Å². The second-order valence-corrected chi connectivity index (χ2v) is 12.9. The summed E-state index contributed by atoms with van der Waals surface area (Å²) >= 11 is 0. The molecule has 1 aromatic heterocycles. The maximum Gasteiger partial charge on any atom is 0.271 e. The maximum absolute atomic E-state index is 12.6. The zero-order valence-corrected chi connectivity index (χ0v) is 25.2. The molecule has 0 bridgehead atoms. The van der Waals surface area contributed by atoms with Crippen molar-refractivity contribution in [2.24, 2.45) is 21.4 Å². The van der Waals surface area contributed by atoms with Gasteiger partial charge >= 0.3 is 0 Å². The van der Waals surface area contributed by atoms with Crippen LogP contribution in [0.5, 0.6) is 0 Å². The van der Waals surface area contributed by atoms with Crippen LogP contribution in [0, 0.1) is 12.3 Å². The summed E-state index contributed by atoms with van der Waals surface area (Å²) < 4.78 is 5.44. The zero-order valence-electron chi connectivity index (χ0n) is 25.2. The van der Waals surface area contributed by atoms with Gasteiger partial charge in [-0.1, -0.05) is 0 Å².